The van der Waals surface area contributed by atoms with E-state index in [1.807, 2.05) is 6.92 Å². The average molecular weight is 470 g/mol. The average Bonchev–Trinajstić information content (AvgIpc) is 2.84. The number of amides is 1. The summed E-state index contributed by atoms with van der Waals surface area (Å²) in [5, 5.41) is 3.11. The first-order chi connectivity index (χ1) is 15.8. The van der Waals surface area contributed by atoms with E-state index in [9.17, 15) is 13.2 Å². The predicted octanol–water partition coefficient (Wildman–Crippen LogP) is 4.20. The molecule has 0 spiro atoms. The quantitative estimate of drug-likeness (QED) is 0.688. The van der Waals surface area contributed by atoms with Crippen LogP contribution >= 0.6 is 0 Å². The number of nitrogens with one attached hydrogen (secondary N) is 1. The van der Waals surface area contributed by atoms with Crippen LogP contribution in [-0.4, -0.2) is 44.8 Å². The van der Waals surface area contributed by atoms with Gasteiger partial charge in [-0.1, -0.05) is 37.3 Å². The zero-order valence-electron chi connectivity index (χ0n) is 19.6. The molecule has 0 aromatic heterocycles. The highest BCUT2D eigenvalue weighted by atomic mass is 32.2. The van der Waals surface area contributed by atoms with Gasteiger partial charge in [0.15, 0.2) is 0 Å². The molecule has 2 fully saturated rings. The molecule has 2 aliphatic rings. The van der Waals surface area contributed by atoms with Crippen LogP contribution in [0.2, 0.25) is 0 Å². The van der Waals surface area contributed by atoms with Crippen molar-refractivity contribution in [3.8, 4) is 0 Å². The van der Waals surface area contributed by atoms with E-state index in [4.69, 9.17) is 0 Å². The van der Waals surface area contributed by atoms with E-state index in [0.29, 0.717) is 19.4 Å². The molecule has 2 saturated heterocycles. The van der Waals surface area contributed by atoms with Crippen molar-refractivity contribution in [3.63, 3.8) is 0 Å². The highest BCUT2D eigenvalue weighted by Crippen LogP contribution is 2.26. The van der Waals surface area contributed by atoms with Gasteiger partial charge in [0, 0.05) is 31.9 Å². The Bertz CT molecular complexity index is 1040. The van der Waals surface area contributed by atoms with Crippen LogP contribution in [0, 0.1) is 11.8 Å². The molecule has 4 rings (SSSR count). The maximum Gasteiger partial charge on any atom is 0.243 e. The van der Waals surface area contributed by atoms with Crippen molar-refractivity contribution < 1.29 is 13.2 Å². The molecular formula is C26H35N3O3S. The molecular weight excluding hydrogens is 434 g/mol. The third-order valence-corrected chi connectivity index (χ3v) is 8.79. The maximum atomic E-state index is 13.0. The van der Waals surface area contributed by atoms with Crippen molar-refractivity contribution in [1.29, 1.82) is 0 Å². The summed E-state index contributed by atoms with van der Waals surface area (Å²) in [5.74, 6) is 0.301. The molecule has 2 heterocycles. The summed E-state index contributed by atoms with van der Waals surface area (Å²) in [5.41, 5.74) is 2.29. The lowest BCUT2D eigenvalue weighted by atomic mass is 9.97. The van der Waals surface area contributed by atoms with Gasteiger partial charge >= 0.3 is 0 Å². The summed E-state index contributed by atoms with van der Waals surface area (Å²) in [4.78, 5) is 15.7. The Hall–Kier alpha value is -2.38. The van der Waals surface area contributed by atoms with Crippen molar-refractivity contribution >= 4 is 21.6 Å². The Labute approximate surface area is 198 Å². The number of nitrogens with zero attached hydrogens (tertiary/aromatic N) is 2. The molecule has 2 aromatic rings. The molecule has 7 heteroatoms. The van der Waals surface area contributed by atoms with E-state index < -0.39 is 10.0 Å². The van der Waals surface area contributed by atoms with Crippen LogP contribution in [0.15, 0.2) is 59.5 Å². The molecule has 1 N–H and O–H groups in total. The van der Waals surface area contributed by atoms with Gasteiger partial charge in [0.1, 0.15) is 0 Å². The minimum atomic E-state index is -3.58. The second-order valence-electron chi connectivity index (χ2n) is 9.53. The zero-order valence-corrected chi connectivity index (χ0v) is 20.4. The van der Waals surface area contributed by atoms with Gasteiger partial charge in [-0.25, -0.2) is 8.42 Å². The maximum absolute atomic E-state index is 13.0. The van der Waals surface area contributed by atoms with Gasteiger partial charge in [-0.2, -0.15) is 4.31 Å². The van der Waals surface area contributed by atoms with E-state index in [1.54, 1.807) is 30.3 Å². The van der Waals surface area contributed by atoms with Gasteiger partial charge < -0.3 is 10.2 Å². The largest absolute Gasteiger partial charge is 0.371 e. The fourth-order valence-corrected chi connectivity index (χ4v) is 6.47. The van der Waals surface area contributed by atoms with E-state index >= 15 is 0 Å². The van der Waals surface area contributed by atoms with E-state index in [0.717, 1.165) is 24.6 Å². The zero-order chi connectivity index (χ0) is 23.4. The molecule has 6 nitrogen and oxygen atoms in total. The summed E-state index contributed by atoms with van der Waals surface area (Å²) in [7, 11) is -3.58. The van der Waals surface area contributed by atoms with E-state index in [1.165, 1.54) is 22.8 Å². The Morgan fingerprint density at radius 2 is 1.67 bits per heavy atom. The van der Waals surface area contributed by atoms with Crippen molar-refractivity contribution in [2.75, 3.05) is 31.1 Å². The number of carbonyl (C=O) groups is 1. The first-order valence-electron chi connectivity index (χ1n) is 12.0. The van der Waals surface area contributed by atoms with Crippen molar-refractivity contribution in [3.05, 3.63) is 60.2 Å². The molecule has 0 unspecified atom stereocenters. The predicted molar refractivity (Wildman–Crippen MR) is 132 cm³/mol. The van der Waals surface area contributed by atoms with Crippen LogP contribution in [0.3, 0.4) is 0 Å². The van der Waals surface area contributed by atoms with Crippen molar-refractivity contribution in [2.45, 2.75) is 50.5 Å². The van der Waals surface area contributed by atoms with E-state index in [-0.39, 0.29) is 29.3 Å². The van der Waals surface area contributed by atoms with Crippen molar-refractivity contribution in [2.24, 2.45) is 11.8 Å². The summed E-state index contributed by atoms with van der Waals surface area (Å²) in [6, 6.07) is 16.8. The smallest absolute Gasteiger partial charge is 0.243 e. The van der Waals surface area contributed by atoms with Crippen LogP contribution in [0.1, 0.15) is 51.1 Å². The monoisotopic (exact) mass is 469 g/mol. The lowest BCUT2D eigenvalue weighted by Gasteiger charge is -2.33. The summed E-state index contributed by atoms with van der Waals surface area (Å²) in [6.45, 7) is 7.15. The normalized spacial score (nSPS) is 23.2. The Kier molecular flexibility index (Phi) is 7.39. The molecule has 0 aliphatic carbocycles. The van der Waals surface area contributed by atoms with Gasteiger partial charge in [0.2, 0.25) is 15.9 Å². The van der Waals surface area contributed by atoms with Gasteiger partial charge in [0.05, 0.1) is 16.9 Å². The number of rotatable bonds is 6. The number of hydrogen-bond acceptors (Lipinski definition) is 4. The number of sulfonamides is 1. The summed E-state index contributed by atoms with van der Waals surface area (Å²) < 4.78 is 27.4. The third kappa shape index (κ3) is 5.58. The van der Waals surface area contributed by atoms with Gasteiger partial charge in [0.25, 0.3) is 0 Å². The Morgan fingerprint density at radius 3 is 2.36 bits per heavy atom. The highest BCUT2D eigenvalue weighted by molar-refractivity contribution is 7.89. The molecule has 0 bridgehead atoms. The van der Waals surface area contributed by atoms with Crippen LogP contribution in [-0.2, 0) is 14.8 Å². The molecule has 2 aliphatic heterocycles. The van der Waals surface area contributed by atoms with Crippen LogP contribution < -0.4 is 10.2 Å². The van der Waals surface area contributed by atoms with Crippen LogP contribution in [0.5, 0.6) is 0 Å². The first-order valence-corrected chi connectivity index (χ1v) is 13.5. The standard InChI is InChI=1S/C26H35N3O3S/c1-20-8-6-16-28(18-20)24-14-12-22(13-15-24)21(2)27-26(30)23-9-7-17-29(19-23)33(31,32)25-10-4-3-5-11-25/h3-5,10-15,20-21,23H,6-9,16-19H2,1-2H3,(H,27,30)/t20-,21+,23-/m1/s1. The second kappa shape index (κ2) is 10.3. The number of piperidine rings is 2. The number of carbonyl (C=O) groups excluding carboxylic acids is 1. The van der Waals surface area contributed by atoms with Crippen molar-refractivity contribution in [1.82, 2.24) is 9.62 Å². The fraction of sp³-hybridized carbons (Fsp3) is 0.500. The molecule has 2 aromatic carbocycles. The lowest BCUT2D eigenvalue weighted by Crippen LogP contribution is -2.45. The second-order valence-corrected chi connectivity index (χ2v) is 11.5. The van der Waals surface area contributed by atoms with Gasteiger partial charge in [-0.15, -0.1) is 0 Å². The SMILES string of the molecule is C[C@@H]1CCCN(c2ccc([C@H](C)NC(=O)[C@@H]3CCCN(S(=O)(=O)c4ccccc4)C3)cc2)C1. The first kappa shape index (κ1) is 23.8. The summed E-state index contributed by atoms with van der Waals surface area (Å²) >= 11 is 0. The molecule has 1 amide bonds. The lowest BCUT2D eigenvalue weighted by molar-refractivity contribution is -0.126. The third-order valence-electron chi connectivity index (χ3n) is 6.91. The number of anilines is 1. The van der Waals surface area contributed by atoms with Crippen LogP contribution in [0.25, 0.3) is 0 Å². The molecule has 3 atom stereocenters. The Morgan fingerprint density at radius 1 is 0.970 bits per heavy atom. The number of hydrogen-bond donors (Lipinski definition) is 1. The van der Waals surface area contributed by atoms with E-state index in [2.05, 4.69) is 41.4 Å². The Balaban J connectivity index is 1.36. The minimum absolute atomic E-state index is 0.0793. The van der Waals surface area contributed by atoms with Gasteiger partial charge in [-0.05, 0) is 68.4 Å². The van der Waals surface area contributed by atoms with Gasteiger partial charge in [-0.3, -0.25) is 4.79 Å². The number of benzene rings is 2. The fourth-order valence-electron chi connectivity index (χ4n) is 4.93. The highest BCUT2D eigenvalue weighted by Gasteiger charge is 2.33. The molecule has 33 heavy (non-hydrogen) atoms. The molecule has 178 valence electrons. The molecule has 0 saturated carbocycles. The summed E-state index contributed by atoms with van der Waals surface area (Å²) in [6.07, 6.45) is 3.91. The minimum Gasteiger partial charge on any atom is -0.371 e. The van der Waals surface area contributed by atoms with Crippen LogP contribution in [0.4, 0.5) is 5.69 Å². The topological polar surface area (TPSA) is 69.7 Å². The molecule has 0 radical (unpaired) electrons.